The van der Waals surface area contributed by atoms with E-state index < -0.39 is 5.60 Å². The molecule has 3 aromatic heterocycles. The molecule has 3 aliphatic heterocycles. The van der Waals surface area contributed by atoms with Crippen LogP contribution in [0.1, 0.15) is 71.9 Å². The molecule has 4 atom stereocenters. The molecule has 6 heterocycles. The molecule has 11 heteroatoms. The molecule has 2 bridgehead atoms. The van der Waals surface area contributed by atoms with Gasteiger partial charge in [-0.05, 0) is 58.9 Å². The highest BCUT2D eigenvalue weighted by Crippen LogP contribution is 2.39. The van der Waals surface area contributed by atoms with Crippen LogP contribution in [-0.2, 0) is 9.47 Å². The van der Waals surface area contributed by atoms with E-state index in [4.69, 9.17) is 14.2 Å². The maximum atomic E-state index is 12.8. The van der Waals surface area contributed by atoms with Crippen LogP contribution in [0.25, 0.3) is 33.3 Å². The third-order valence-electron chi connectivity index (χ3n) is 8.48. The summed E-state index contributed by atoms with van der Waals surface area (Å²) in [5.74, 6) is 0.492. The van der Waals surface area contributed by atoms with Crippen LogP contribution in [0.2, 0.25) is 0 Å². The SMILES string of the molecule is CC(C)(C)OC(=O)N1[C@@H]2CC[C@H]1CC(Oc1ccc(-c3ccc(-c4cnn(C5CCCCO5)c4)c4[nH]ncc34)nn1)C2. The van der Waals surface area contributed by atoms with E-state index in [0.717, 1.165) is 84.8 Å². The first-order chi connectivity index (χ1) is 20.3. The molecule has 3 saturated heterocycles. The lowest BCUT2D eigenvalue weighted by molar-refractivity contribution is -0.0394. The molecule has 1 aromatic carbocycles. The summed E-state index contributed by atoms with van der Waals surface area (Å²) in [6, 6.07) is 8.19. The largest absolute Gasteiger partial charge is 0.473 e. The predicted octanol–water partition coefficient (Wildman–Crippen LogP) is 5.89. The third-order valence-corrected chi connectivity index (χ3v) is 8.48. The number of amides is 1. The summed E-state index contributed by atoms with van der Waals surface area (Å²) in [6.45, 7) is 6.48. The second-order valence-electron chi connectivity index (χ2n) is 12.6. The molecule has 42 heavy (non-hydrogen) atoms. The lowest BCUT2D eigenvalue weighted by Gasteiger charge is -2.39. The summed E-state index contributed by atoms with van der Waals surface area (Å²) in [7, 11) is 0. The zero-order valence-corrected chi connectivity index (χ0v) is 24.3. The van der Waals surface area contributed by atoms with E-state index in [9.17, 15) is 4.79 Å². The normalized spacial score (nSPS) is 24.2. The van der Waals surface area contributed by atoms with Crippen molar-refractivity contribution >= 4 is 17.0 Å². The van der Waals surface area contributed by atoms with E-state index in [1.165, 1.54) is 0 Å². The molecule has 220 valence electrons. The number of aromatic nitrogens is 6. The van der Waals surface area contributed by atoms with Crippen molar-refractivity contribution in [3.8, 4) is 28.3 Å². The van der Waals surface area contributed by atoms with Crippen molar-refractivity contribution in [2.75, 3.05) is 6.61 Å². The zero-order chi connectivity index (χ0) is 28.8. The summed E-state index contributed by atoms with van der Waals surface area (Å²) in [4.78, 5) is 14.7. The average molecular weight is 572 g/mol. The molecule has 11 nitrogen and oxygen atoms in total. The number of benzene rings is 1. The van der Waals surface area contributed by atoms with Gasteiger partial charge in [0.15, 0.2) is 0 Å². The number of ether oxygens (including phenoxy) is 3. The van der Waals surface area contributed by atoms with E-state index in [1.54, 1.807) is 0 Å². The molecule has 4 aromatic rings. The van der Waals surface area contributed by atoms with Crippen LogP contribution in [0.3, 0.4) is 0 Å². The van der Waals surface area contributed by atoms with Gasteiger partial charge in [-0.1, -0.05) is 12.1 Å². The fourth-order valence-corrected chi connectivity index (χ4v) is 6.60. The number of rotatable bonds is 5. The molecule has 0 spiro atoms. The number of aromatic amines is 1. The molecule has 7 rings (SSSR count). The minimum Gasteiger partial charge on any atom is -0.473 e. The first-order valence-corrected chi connectivity index (χ1v) is 15.0. The topological polar surface area (TPSA) is 120 Å². The number of carbonyl (C=O) groups excluding carboxylic acids is 1. The second kappa shape index (κ2) is 10.7. The van der Waals surface area contributed by atoms with Crippen LogP contribution in [0.15, 0.2) is 42.9 Å². The highest BCUT2D eigenvalue weighted by molar-refractivity contribution is 6.01. The Hall–Kier alpha value is -3.99. The van der Waals surface area contributed by atoms with Gasteiger partial charge in [0.05, 0.1) is 23.6 Å². The molecule has 1 amide bonds. The van der Waals surface area contributed by atoms with E-state index >= 15 is 0 Å². The van der Waals surface area contributed by atoms with Crippen LogP contribution < -0.4 is 4.74 Å². The molecular formula is C31H37N7O4. The zero-order valence-electron chi connectivity index (χ0n) is 24.3. The van der Waals surface area contributed by atoms with Gasteiger partial charge < -0.3 is 19.1 Å². The van der Waals surface area contributed by atoms with Crippen LogP contribution in [0, 0.1) is 0 Å². The lowest BCUT2D eigenvalue weighted by Crippen LogP contribution is -2.50. The standard InChI is InChI=1S/C31H37N7O4/c1-31(2,3)42-30(39)38-20-7-8-21(38)15-22(14-20)41-27-12-11-26(34-35-27)24-10-9-23(29-25(24)17-32-36-29)19-16-33-37(18-19)28-6-4-5-13-40-28/h9-12,16-18,20-22,28H,4-8,13-15H2,1-3H3,(H,32,36)/t20-,21+,22?,28?. The van der Waals surface area contributed by atoms with Crippen molar-refractivity contribution in [3.05, 3.63) is 42.9 Å². The van der Waals surface area contributed by atoms with Crippen molar-refractivity contribution in [1.29, 1.82) is 0 Å². The molecular weight excluding hydrogens is 534 g/mol. The number of H-pyrrole nitrogens is 1. The monoisotopic (exact) mass is 571 g/mol. The summed E-state index contributed by atoms with van der Waals surface area (Å²) < 4.78 is 19.7. The van der Waals surface area contributed by atoms with Crippen LogP contribution in [-0.4, -0.2) is 71.6 Å². The van der Waals surface area contributed by atoms with Gasteiger partial charge in [0, 0.05) is 65.9 Å². The number of nitrogens with zero attached hydrogens (tertiary/aromatic N) is 6. The van der Waals surface area contributed by atoms with Crippen molar-refractivity contribution < 1.29 is 19.0 Å². The Morgan fingerprint density at radius 2 is 1.81 bits per heavy atom. The number of carbonyl (C=O) groups is 1. The Kier molecular flexibility index (Phi) is 6.84. The Morgan fingerprint density at radius 1 is 1.00 bits per heavy atom. The summed E-state index contributed by atoms with van der Waals surface area (Å²) in [6.07, 6.45) is 12.2. The van der Waals surface area contributed by atoms with Gasteiger partial charge in [0.1, 0.15) is 17.9 Å². The molecule has 3 fully saturated rings. The first-order valence-electron chi connectivity index (χ1n) is 15.0. The average Bonchev–Trinajstić information content (AvgIpc) is 3.71. The Labute approximate surface area is 244 Å². The van der Waals surface area contributed by atoms with Crippen LogP contribution in [0.4, 0.5) is 4.79 Å². The fourth-order valence-electron chi connectivity index (χ4n) is 6.60. The second-order valence-corrected chi connectivity index (χ2v) is 12.6. The quantitative estimate of drug-likeness (QED) is 0.315. The van der Waals surface area contributed by atoms with Crippen LogP contribution in [0.5, 0.6) is 5.88 Å². The number of fused-ring (bicyclic) bond motifs is 3. The molecule has 2 unspecified atom stereocenters. The molecule has 0 saturated carbocycles. The maximum Gasteiger partial charge on any atom is 0.410 e. The molecule has 3 aliphatic rings. The Balaban J connectivity index is 1.05. The number of piperidine rings is 1. The van der Waals surface area contributed by atoms with Crippen LogP contribution >= 0.6 is 0 Å². The van der Waals surface area contributed by atoms with Gasteiger partial charge in [-0.2, -0.15) is 10.2 Å². The van der Waals surface area contributed by atoms with Gasteiger partial charge >= 0.3 is 6.09 Å². The molecule has 0 aliphatic carbocycles. The first kappa shape index (κ1) is 26.9. The van der Waals surface area contributed by atoms with Gasteiger partial charge in [-0.25, -0.2) is 9.48 Å². The van der Waals surface area contributed by atoms with E-state index in [-0.39, 0.29) is 30.5 Å². The Bertz CT molecular complexity index is 1550. The molecule has 1 N–H and O–H groups in total. The summed E-state index contributed by atoms with van der Waals surface area (Å²) in [5.41, 5.74) is 4.13. The van der Waals surface area contributed by atoms with Crippen molar-refractivity contribution in [2.45, 2.75) is 95.7 Å². The predicted molar refractivity (Wildman–Crippen MR) is 156 cm³/mol. The number of hydrogen-bond donors (Lipinski definition) is 1. The van der Waals surface area contributed by atoms with Crippen molar-refractivity contribution in [1.82, 2.24) is 35.1 Å². The van der Waals surface area contributed by atoms with Gasteiger partial charge in [0.2, 0.25) is 5.88 Å². The van der Waals surface area contributed by atoms with Crippen molar-refractivity contribution in [3.63, 3.8) is 0 Å². The highest BCUT2D eigenvalue weighted by atomic mass is 16.6. The minimum atomic E-state index is -0.503. The maximum absolute atomic E-state index is 12.8. The highest BCUT2D eigenvalue weighted by Gasteiger charge is 2.45. The van der Waals surface area contributed by atoms with Gasteiger partial charge in [-0.3, -0.25) is 5.10 Å². The van der Waals surface area contributed by atoms with E-state index in [1.807, 2.05) is 61.1 Å². The lowest BCUT2D eigenvalue weighted by atomic mass is 10.00. The fraction of sp³-hybridized carbons (Fsp3) is 0.516. The third kappa shape index (κ3) is 5.21. The van der Waals surface area contributed by atoms with Gasteiger partial charge in [-0.15, -0.1) is 10.2 Å². The van der Waals surface area contributed by atoms with E-state index in [2.05, 4.69) is 37.6 Å². The molecule has 0 radical (unpaired) electrons. The summed E-state index contributed by atoms with van der Waals surface area (Å²) >= 11 is 0. The van der Waals surface area contributed by atoms with Crippen molar-refractivity contribution in [2.24, 2.45) is 0 Å². The summed E-state index contributed by atoms with van der Waals surface area (Å²) in [5, 5.41) is 22.0. The Morgan fingerprint density at radius 3 is 2.52 bits per heavy atom. The minimum absolute atomic E-state index is 0.00674. The number of nitrogens with one attached hydrogen (secondary N) is 1. The number of hydrogen-bond acceptors (Lipinski definition) is 8. The van der Waals surface area contributed by atoms with Gasteiger partial charge in [0.25, 0.3) is 0 Å². The van der Waals surface area contributed by atoms with E-state index in [0.29, 0.717) is 5.88 Å². The smallest absolute Gasteiger partial charge is 0.410 e.